The number of benzene rings is 2. The van der Waals surface area contributed by atoms with E-state index in [1.807, 2.05) is 6.92 Å². The number of oxazole rings is 1. The van der Waals surface area contributed by atoms with Gasteiger partial charge in [0, 0.05) is 45.1 Å². The van der Waals surface area contributed by atoms with E-state index in [1.165, 1.54) is 16.6 Å². The summed E-state index contributed by atoms with van der Waals surface area (Å²) in [7, 11) is -3.60. The quantitative estimate of drug-likeness (QED) is 0.546. The molecule has 0 bridgehead atoms. The predicted molar refractivity (Wildman–Crippen MR) is 117 cm³/mol. The Bertz CT molecular complexity index is 1250. The monoisotopic (exact) mass is 475 g/mol. The van der Waals surface area contributed by atoms with Crippen molar-refractivity contribution in [2.24, 2.45) is 0 Å². The van der Waals surface area contributed by atoms with Gasteiger partial charge in [-0.15, -0.1) is 0 Å². The van der Waals surface area contributed by atoms with Crippen LogP contribution in [0.3, 0.4) is 0 Å². The van der Waals surface area contributed by atoms with Crippen LogP contribution in [0.5, 0.6) is 0 Å². The molecule has 1 aromatic heterocycles. The Hall–Kier alpha value is -3.11. The average Bonchev–Trinajstić information content (AvgIpc) is 3.26. The lowest BCUT2D eigenvalue weighted by molar-refractivity contribution is -0.132. The summed E-state index contributed by atoms with van der Waals surface area (Å²) in [4.78, 5) is 18.5. The molecular weight excluding hydrogens is 452 g/mol. The van der Waals surface area contributed by atoms with Gasteiger partial charge in [-0.2, -0.15) is 4.31 Å². The number of rotatable bonds is 6. The second kappa shape index (κ2) is 9.40. The number of nitrogens with zero attached hydrogens (tertiary/aromatic N) is 3. The van der Waals surface area contributed by atoms with Crippen LogP contribution in [0.4, 0.5) is 8.78 Å². The van der Waals surface area contributed by atoms with Gasteiger partial charge in [-0.25, -0.2) is 22.2 Å². The van der Waals surface area contributed by atoms with E-state index >= 15 is 0 Å². The van der Waals surface area contributed by atoms with Gasteiger partial charge in [0.1, 0.15) is 11.6 Å². The van der Waals surface area contributed by atoms with Crippen LogP contribution < -0.4 is 0 Å². The largest absolute Gasteiger partial charge is 0.441 e. The molecule has 33 heavy (non-hydrogen) atoms. The van der Waals surface area contributed by atoms with Crippen LogP contribution in [0.2, 0.25) is 0 Å². The standard InChI is InChI=1S/C23H23F2N3O4S/c1-16-2-5-18(6-3-16)33(30,31)28-12-10-27(11-13-28)23(29)9-8-22-26-15-21(32-22)19-7-4-17(24)14-20(19)25/h2-7,14-15H,8-13H2,1H3. The second-order valence-corrected chi connectivity index (χ2v) is 9.78. The first-order chi connectivity index (χ1) is 15.7. The minimum Gasteiger partial charge on any atom is -0.441 e. The molecule has 10 heteroatoms. The van der Waals surface area contributed by atoms with Crippen LogP contribution in [0.15, 0.2) is 58.0 Å². The van der Waals surface area contributed by atoms with Gasteiger partial charge in [-0.3, -0.25) is 4.79 Å². The van der Waals surface area contributed by atoms with E-state index in [0.717, 1.165) is 17.7 Å². The normalized spacial score (nSPS) is 15.1. The van der Waals surface area contributed by atoms with Crippen LogP contribution in [-0.2, 0) is 21.2 Å². The molecule has 0 N–H and O–H groups in total. The highest BCUT2D eigenvalue weighted by Gasteiger charge is 2.30. The third-order valence-corrected chi connectivity index (χ3v) is 7.47. The Morgan fingerprint density at radius 3 is 2.42 bits per heavy atom. The molecule has 1 fully saturated rings. The van der Waals surface area contributed by atoms with Gasteiger partial charge in [0.15, 0.2) is 11.7 Å². The Morgan fingerprint density at radius 1 is 1.06 bits per heavy atom. The van der Waals surface area contributed by atoms with E-state index in [2.05, 4.69) is 4.98 Å². The molecule has 0 unspecified atom stereocenters. The van der Waals surface area contributed by atoms with Gasteiger partial charge >= 0.3 is 0 Å². The van der Waals surface area contributed by atoms with E-state index in [1.54, 1.807) is 29.2 Å². The number of halogens is 2. The summed E-state index contributed by atoms with van der Waals surface area (Å²) in [6.07, 6.45) is 1.67. The minimum atomic E-state index is -3.60. The molecule has 0 atom stereocenters. The van der Waals surface area contributed by atoms with Gasteiger partial charge in [0.2, 0.25) is 15.9 Å². The van der Waals surface area contributed by atoms with Crippen LogP contribution in [0.1, 0.15) is 17.9 Å². The van der Waals surface area contributed by atoms with Gasteiger partial charge in [0.25, 0.3) is 0 Å². The number of carbonyl (C=O) groups excluding carboxylic acids is 1. The Morgan fingerprint density at radius 2 is 1.76 bits per heavy atom. The number of sulfonamides is 1. The molecule has 1 amide bonds. The third-order valence-electron chi connectivity index (χ3n) is 5.55. The molecule has 0 aliphatic carbocycles. The van der Waals surface area contributed by atoms with Crippen LogP contribution in [-0.4, -0.2) is 54.7 Å². The van der Waals surface area contributed by atoms with Gasteiger partial charge in [-0.05, 0) is 31.2 Å². The summed E-state index contributed by atoms with van der Waals surface area (Å²) in [5, 5.41) is 0. The van der Waals surface area contributed by atoms with Crippen molar-refractivity contribution in [2.45, 2.75) is 24.7 Å². The van der Waals surface area contributed by atoms with Crippen molar-refractivity contribution in [1.82, 2.24) is 14.2 Å². The van der Waals surface area contributed by atoms with Crippen molar-refractivity contribution in [2.75, 3.05) is 26.2 Å². The van der Waals surface area contributed by atoms with Crippen molar-refractivity contribution in [1.29, 1.82) is 0 Å². The van der Waals surface area contributed by atoms with E-state index in [0.29, 0.717) is 13.1 Å². The van der Waals surface area contributed by atoms with E-state index in [9.17, 15) is 22.0 Å². The Balaban J connectivity index is 1.31. The number of carbonyl (C=O) groups is 1. The van der Waals surface area contributed by atoms with E-state index in [4.69, 9.17) is 4.42 Å². The Kier molecular flexibility index (Phi) is 6.57. The number of aryl methyl sites for hydroxylation is 2. The fraction of sp³-hybridized carbons (Fsp3) is 0.304. The average molecular weight is 476 g/mol. The number of piperazine rings is 1. The second-order valence-electron chi connectivity index (χ2n) is 7.84. The highest BCUT2D eigenvalue weighted by atomic mass is 32.2. The van der Waals surface area contributed by atoms with Crippen LogP contribution in [0, 0.1) is 18.6 Å². The van der Waals surface area contributed by atoms with Gasteiger partial charge < -0.3 is 9.32 Å². The lowest BCUT2D eigenvalue weighted by Gasteiger charge is -2.34. The summed E-state index contributed by atoms with van der Waals surface area (Å²) >= 11 is 0. The minimum absolute atomic E-state index is 0.0902. The number of amides is 1. The summed E-state index contributed by atoms with van der Waals surface area (Å²) in [5.74, 6) is -1.16. The first-order valence-electron chi connectivity index (χ1n) is 10.5. The first-order valence-corrected chi connectivity index (χ1v) is 11.9. The van der Waals surface area contributed by atoms with E-state index in [-0.39, 0.29) is 53.9 Å². The Labute approximate surface area is 190 Å². The predicted octanol–water partition coefficient (Wildman–Crippen LogP) is 3.39. The molecule has 1 saturated heterocycles. The maximum absolute atomic E-state index is 13.9. The molecule has 2 aromatic carbocycles. The summed E-state index contributed by atoms with van der Waals surface area (Å²) < 4.78 is 59.5. The van der Waals surface area contributed by atoms with Crippen molar-refractivity contribution in [3.8, 4) is 11.3 Å². The maximum atomic E-state index is 13.9. The molecule has 1 aliphatic heterocycles. The first kappa shape index (κ1) is 23.1. The zero-order valence-corrected chi connectivity index (χ0v) is 18.8. The zero-order valence-electron chi connectivity index (χ0n) is 18.0. The molecular formula is C23H23F2N3O4S. The highest BCUT2D eigenvalue weighted by molar-refractivity contribution is 7.89. The van der Waals surface area contributed by atoms with E-state index < -0.39 is 21.7 Å². The summed E-state index contributed by atoms with van der Waals surface area (Å²) in [6.45, 7) is 2.91. The zero-order chi connectivity index (χ0) is 23.6. The number of hydrogen-bond donors (Lipinski definition) is 0. The fourth-order valence-corrected chi connectivity index (χ4v) is 5.07. The van der Waals surface area contributed by atoms with Gasteiger partial charge in [0.05, 0.1) is 16.7 Å². The third kappa shape index (κ3) is 5.12. The summed E-state index contributed by atoms with van der Waals surface area (Å²) in [6, 6.07) is 9.85. The fourth-order valence-electron chi connectivity index (χ4n) is 3.65. The molecule has 4 rings (SSSR count). The van der Waals surface area contributed by atoms with Crippen molar-refractivity contribution in [3.63, 3.8) is 0 Å². The van der Waals surface area contributed by atoms with Crippen molar-refractivity contribution < 1.29 is 26.4 Å². The van der Waals surface area contributed by atoms with Crippen molar-refractivity contribution >= 4 is 15.9 Å². The molecule has 0 saturated carbocycles. The number of hydrogen-bond acceptors (Lipinski definition) is 5. The molecule has 1 aliphatic rings. The SMILES string of the molecule is Cc1ccc(S(=O)(=O)N2CCN(C(=O)CCc3ncc(-c4ccc(F)cc4F)o3)CC2)cc1. The lowest BCUT2D eigenvalue weighted by Crippen LogP contribution is -2.50. The molecule has 3 aromatic rings. The molecule has 174 valence electrons. The summed E-state index contributed by atoms with van der Waals surface area (Å²) in [5.41, 5.74) is 1.07. The van der Waals surface area contributed by atoms with Crippen molar-refractivity contribution in [3.05, 3.63) is 71.8 Å². The number of aromatic nitrogens is 1. The lowest BCUT2D eigenvalue weighted by atomic mass is 10.2. The van der Waals surface area contributed by atoms with Crippen LogP contribution >= 0.6 is 0 Å². The highest BCUT2D eigenvalue weighted by Crippen LogP contribution is 2.25. The smallest absolute Gasteiger partial charge is 0.243 e. The maximum Gasteiger partial charge on any atom is 0.243 e. The van der Waals surface area contributed by atoms with Gasteiger partial charge in [-0.1, -0.05) is 17.7 Å². The topological polar surface area (TPSA) is 83.7 Å². The van der Waals surface area contributed by atoms with Crippen LogP contribution in [0.25, 0.3) is 11.3 Å². The molecule has 0 spiro atoms. The molecule has 7 nitrogen and oxygen atoms in total. The molecule has 2 heterocycles. The molecule has 0 radical (unpaired) electrons.